The van der Waals surface area contributed by atoms with E-state index in [9.17, 15) is 9.59 Å². The van der Waals surface area contributed by atoms with Crippen molar-refractivity contribution in [2.75, 3.05) is 5.32 Å². The monoisotopic (exact) mass is 384 g/mol. The number of rotatable bonds is 5. The molecule has 0 radical (unpaired) electrons. The van der Waals surface area contributed by atoms with E-state index in [1.165, 1.54) is 6.08 Å². The second kappa shape index (κ2) is 7.45. The van der Waals surface area contributed by atoms with E-state index in [1.807, 2.05) is 24.3 Å². The van der Waals surface area contributed by atoms with Crippen LogP contribution in [0.25, 0.3) is 6.08 Å². The zero-order valence-corrected chi connectivity index (χ0v) is 14.5. The Morgan fingerprint density at radius 3 is 2.42 bits per heavy atom. The summed E-state index contributed by atoms with van der Waals surface area (Å²) in [5.41, 5.74) is 2.18. The summed E-state index contributed by atoms with van der Waals surface area (Å²) in [5, 5.41) is 5.71. The van der Waals surface area contributed by atoms with Crippen molar-refractivity contribution in [3.63, 3.8) is 0 Å². The minimum atomic E-state index is -0.221. The number of carbonyl (C=O) groups excluding carboxylic acids is 2. The van der Waals surface area contributed by atoms with Crippen LogP contribution >= 0.6 is 15.9 Å². The van der Waals surface area contributed by atoms with Crippen molar-refractivity contribution in [3.05, 3.63) is 70.2 Å². The van der Waals surface area contributed by atoms with Gasteiger partial charge in [-0.1, -0.05) is 34.1 Å². The lowest BCUT2D eigenvalue weighted by Crippen LogP contribution is -2.25. The Hall–Kier alpha value is -2.40. The lowest BCUT2D eigenvalue weighted by Gasteiger charge is -2.05. The summed E-state index contributed by atoms with van der Waals surface area (Å²) >= 11 is 3.44. The van der Waals surface area contributed by atoms with Crippen LogP contribution in [-0.4, -0.2) is 17.9 Å². The maximum atomic E-state index is 12.0. The highest BCUT2D eigenvalue weighted by atomic mass is 79.9. The number of hydrogen-bond acceptors (Lipinski definition) is 2. The van der Waals surface area contributed by atoms with E-state index in [-0.39, 0.29) is 11.8 Å². The van der Waals surface area contributed by atoms with Crippen molar-refractivity contribution in [1.82, 2.24) is 5.32 Å². The van der Waals surface area contributed by atoms with Crippen molar-refractivity contribution < 1.29 is 9.59 Å². The Balaban J connectivity index is 1.58. The molecule has 0 heterocycles. The van der Waals surface area contributed by atoms with Gasteiger partial charge in [0.1, 0.15) is 0 Å². The highest BCUT2D eigenvalue weighted by molar-refractivity contribution is 9.10. The first-order valence-corrected chi connectivity index (χ1v) is 8.55. The van der Waals surface area contributed by atoms with E-state index >= 15 is 0 Å². The molecule has 4 nitrogen and oxygen atoms in total. The molecule has 1 aliphatic rings. The summed E-state index contributed by atoms with van der Waals surface area (Å²) in [6, 6.07) is 14.9. The second-order valence-electron chi connectivity index (χ2n) is 5.67. The zero-order valence-electron chi connectivity index (χ0n) is 13.0. The van der Waals surface area contributed by atoms with Gasteiger partial charge in [0.15, 0.2) is 0 Å². The molecule has 5 heteroatoms. The van der Waals surface area contributed by atoms with Gasteiger partial charge in [-0.2, -0.15) is 0 Å². The summed E-state index contributed by atoms with van der Waals surface area (Å²) in [7, 11) is 0. The number of benzene rings is 2. The Labute approximate surface area is 149 Å². The number of nitrogens with one attached hydrogen (secondary N) is 2. The fraction of sp³-hybridized carbons (Fsp3) is 0.158. The first-order chi connectivity index (χ1) is 11.6. The molecule has 0 aliphatic heterocycles. The minimum Gasteiger partial charge on any atom is -0.349 e. The van der Waals surface area contributed by atoms with Crippen molar-refractivity contribution >= 4 is 39.5 Å². The smallest absolute Gasteiger partial charge is 0.251 e. The molecule has 1 aliphatic carbocycles. The molecule has 2 N–H and O–H groups in total. The van der Waals surface area contributed by atoms with Gasteiger partial charge in [0, 0.05) is 27.8 Å². The Morgan fingerprint density at radius 2 is 1.75 bits per heavy atom. The van der Waals surface area contributed by atoms with Crippen LogP contribution in [0, 0.1) is 0 Å². The second-order valence-corrected chi connectivity index (χ2v) is 6.52. The lowest BCUT2D eigenvalue weighted by molar-refractivity contribution is -0.111. The molecule has 0 unspecified atom stereocenters. The molecule has 0 saturated heterocycles. The molecule has 122 valence electrons. The van der Waals surface area contributed by atoms with Gasteiger partial charge < -0.3 is 10.6 Å². The maximum absolute atomic E-state index is 12.0. The van der Waals surface area contributed by atoms with Crippen LogP contribution in [0.15, 0.2) is 59.1 Å². The predicted molar refractivity (Wildman–Crippen MR) is 98.7 cm³/mol. The maximum Gasteiger partial charge on any atom is 0.251 e. The van der Waals surface area contributed by atoms with Gasteiger partial charge in [0.2, 0.25) is 5.91 Å². The van der Waals surface area contributed by atoms with Crippen LogP contribution in [0.2, 0.25) is 0 Å². The Bertz CT molecular complexity index is 780. The third-order valence-electron chi connectivity index (χ3n) is 3.65. The molecule has 1 saturated carbocycles. The molecule has 2 aromatic rings. The molecule has 0 atom stereocenters. The SMILES string of the molecule is O=C(/C=C/c1ccccc1Br)Nc1ccc(C(=O)NC2CC2)cc1. The quantitative estimate of drug-likeness (QED) is 0.765. The summed E-state index contributed by atoms with van der Waals surface area (Å²) in [6.45, 7) is 0. The molecule has 0 spiro atoms. The third kappa shape index (κ3) is 4.55. The van der Waals surface area contributed by atoms with E-state index in [1.54, 1.807) is 30.3 Å². The molecule has 1 fully saturated rings. The van der Waals surface area contributed by atoms with Gasteiger partial charge in [0.05, 0.1) is 0 Å². The first-order valence-electron chi connectivity index (χ1n) is 7.76. The number of halogens is 1. The number of carbonyl (C=O) groups is 2. The molecule has 0 aromatic heterocycles. The summed E-state index contributed by atoms with van der Waals surface area (Å²) < 4.78 is 0.931. The molecule has 0 bridgehead atoms. The minimum absolute atomic E-state index is 0.0656. The molecule has 2 aromatic carbocycles. The van der Waals surface area contributed by atoms with Crippen LogP contribution < -0.4 is 10.6 Å². The van der Waals surface area contributed by atoms with E-state index in [2.05, 4.69) is 26.6 Å². The van der Waals surface area contributed by atoms with Gasteiger partial charge in [-0.15, -0.1) is 0 Å². The largest absolute Gasteiger partial charge is 0.349 e. The standard InChI is InChI=1S/C19H17BrN2O2/c20-17-4-2-1-3-13(17)7-12-18(23)21-15-8-5-14(6-9-15)19(24)22-16-10-11-16/h1-9,12,16H,10-11H2,(H,21,23)(H,22,24)/b12-7+. The lowest BCUT2D eigenvalue weighted by atomic mass is 10.2. The van der Waals surface area contributed by atoms with Crippen molar-refractivity contribution in [2.45, 2.75) is 18.9 Å². The normalized spacial score (nSPS) is 13.7. The van der Waals surface area contributed by atoms with Crippen molar-refractivity contribution in [3.8, 4) is 0 Å². The van der Waals surface area contributed by atoms with E-state index < -0.39 is 0 Å². The Kier molecular flexibility index (Phi) is 5.11. The predicted octanol–water partition coefficient (Wildman–Crippen LogP) is 3.99. The molecule has 24 heavy (non-hydrogen) atoms. The van der Waals surface area contributed by atoms with Gasteiger partial charge in [-0.3, -0.25) is 9.59 Å². The summed E-state index contributed by atoms with van der Waals surface area (Å²) in [6.07, 6.45) is 5.35. The average Bonchev–Trinajstić information content (AvgIpc) is 3.39. The van der Waals surface area contributed by atoms with Gasteiger partial charge in [-0.05, 0) is 54.8 Å². The van der Waals surface area contributed by atoms with E-state index in [0.29, 0.717) is 17.3 Å². The summed E-state index contributed by atoms with van der Waals surface area (Å²) in [4.78, 5) is 23.9. The van der Waals surface area contributed by atoms with E-state index in [0.717, 1.165) is 22.9 Å². The number of amides is 2. The van der Waals surface area contributed by atoms with E-state index in [4.69, 9.17) is 0 Å². The van der Waals surface area contributed by atoms with Crippen molar-refractivity contribution in [2.24, 2.45) is 0 Å². The van der Waals surface area contributed by atoms with Crippen LogP contribution in [0.1, 0.15) is 28.8 Å². The summed E-state index contributed by atoms with van der Waals surface area (Å²) in [5.74, 6) is -0.287. The fourth-order valence-corrected chi connectivity index (χ4v) is 2.58. The molecular weight excluding hydrogens is 368 g/mol. The van der Waals surface area contributed by atoms with Crippen molar-refractivity contribution in [1.29, 1.82) is 0 Å². The Morgan fingerprint density at radius 1 is 1.04 bits per heavy atom. The van der Waals surface area contributed by atoms with Gasteiger partial charge in [0.25, 0.3) is 5.91 Å². The van der Waals surface area contributed by atoms with Gasteiger partial charge in [-0.25, -0.2) is 0 Å². The van der Waals surface area contributed by atoms with Crippen LogP contribution in [0.3, 0.4) is 0 Å². The first kappa shape index (κ1) is 16.5. The highest BCUT2D eigenvalue weighted by Gasteiger charge is 2.23. The number of hydrogen-bond donors (Lipinski definition) is 2. The van der Waals surface area contributed by atoms with Crippen LogP contribution in [0.5, 0.6) is 0 Å². The van der Waals surface area contributed by atoms with Gasteiger partial charge >= 0.3 is 0 Å². The molecule has 2 amide bonds. The topological polar surface area (TPSA) is 58.2 Å². The molecule has 3 rings (SSSR count). The zero-order chi connectivity index (χ0) is 16.9. The van der Waals surface area contributed by atoms with Crippen LogP contribution in [-0.2, 0) is 4.79 Å². The number of anilines is 1. The average molecular weight is 385 g/mol. The highest BCUT2D eigenvalue weighted by Crippen LogP contribution is 2.20. The van der Waals surface area contributed by atoms with Crippen LogP contribution in [0.4, 0.5) is 5.69 Å². The fourth-order valence-electron chi connectivity index (χ4n) is 2.16. The molecular formula is C19H17BrN2O2. The third-order valence-corrected chi connectivity index (χ3v) is 4.37.